The van der Waals surface area contributed by atoms with Gasteiger partial charge in [0.15, 0.2) is 0 Å². The van der Waals surface area contributed by atoms with Crippen LogP contribution in [0.25, 0.3) is 10.9 Å². The van der Waals surface area contributed by atoms with E-state index >= 15 is 0 Å². The summed E-state index contributed by atoms with van der Waals surface area (Å²) in [5, 5.41) is 13.0. The first-order valence-corrected chi connectivity index (χ1v) is 8.17. The maximum Gasteiger partial charge on any atom is 0.145 e. The van der Waals surface area contributed by atoms with Crippen molar-refractivity contribution >= 4 is 16.7 Å². The molecule has 6 heteroatoms. The molecule has 132 valence electrons. The van der Waals surface area contributed by atoms with E-state index in [2.05, 4.69) is 10.3 Å². The summed E-state index contributed by atoms with van der Waals surface area (Å²) in [7, 11) is 1.72. The van der Waals surface area contributed by atoms with Crippen molar-refractivity contribution in [3.8, 4) is 11.8 Å². The van der Waals surface area contributed by atoms with E-state index < -0.39 is 5.82 Å². The van der Waals surface area contributed by atoms with Crippen LogP contribution in [0.15, 0.2) is 36.4 Å². The minimum Gasteiger partial charge on any atom is -0.489 e. The zero-order valence-corrected chi connectivity index (χ0v) is 14.6. The number of aromatic nitrogens is 1. The molecule has 0 radical (unpaired) electrons. The highest BCUT2D eigenvalue weighted by Crippen LogP contribution is 2.24. The van der Waals surface area contributed by atoms with Gasteiger partial charge in [0.2, 0.25) is 0 Å². The van der Waals surface area contributed by atoms with Gasteiger partial charge >= 0.3 is 0 Å². The molecule has 0 spiro atoms. The van der Waals surface area contributed by atoms with Gasteiger partial charge in [-0.05, 0) is 43.3 Å². The third-order valence-corrected chi connectivity index (χ3v) is 4.12. The second-order valence-electron chi connectivity index (χ2n) is 6.09. The summed E-state index contributed by atoms with van der Waals surface area (Å²) >= 11 is 0. The number of fused-ring (bicyclic) bond motifs is 1. The molecule has 0 fully saturated rings. The Kier molecular flexibility index (Phi) is 5.01. The van der Waals surface area contributed by atoms with Gasteiger partial charge in [0.25, 0.3) is 0 Å². The molecule has 0 aliphatic heterocycles. The summed E-state index contributed by atoms with van der Waals surface area (Å²) in [6.45, 7) is 2.58. The SMILES string of the molecule is CNCc1cc(OCc2ccc3c(C)cc(N)nc3c2)cc(C#N)c1F. The molecular weight excluding hydrogens is 331 g/mol. The molecule has 1 heterocycles. The lowest BCUT2D eigenvalue weighted by Crippen LogP contribution is -2.08. The van der Waals surface area contributed by atoms with Crippen molar-refractivity contribution in [2.75, 3.05) is 12.8 Å². The Morgan fingerprint density at radius 3 is 2.81 bits per heavy atom. The third-order valence-electron chi connectivity index (χ3n) is 4.12. The summed E-state index contributed by atoms with van der Waals surface area (Å²) < 4.78 is 19.9. The number of nitrogens with zero attached hydrogens (tertiary/aromatic N) is 2. The van der Waals surface area contributed by atoms with Crippen molar-refractivity contribution in [3.63, 3.8) is 0 Å². The van der Waals surface area contributed by atoms with Gasteiger partial charge in [-0.2, -0.15) is 5.26 Å². The number of hydrogen-bond acceptors (Lipinski definition) is 5. The van der Waals surface area contributed by atoms with Crippen molar-refractivity contribution in [1.29, 1.82) is 5.26 Å². The minimum absolute atomic E-state index is 0.0312. The highest BCUT2D eigenvalue weighted by atomic mass is 19.1. The maximum atomic E-state index is 14.1. The number of aryl methyl sites for hydroxylation is 1. The lowest BCUT2D eigenvalue weighted by Gasteiger charge is -2.11. The fraction of sp³-hybridized carbons (Fsp3) is 0.200. The van der Waals surface area contributed by atoms with Gasteiger partial charge in [-0.15, -0.1) is 0 Å². The normalized spacial score (nSPS) is 10.7. The molecule has 0 unspecified atom stereocenters. The van der Waals surface area contributed by atoms with E-state index in [1.807, 2.05) is 37.3 Å². The molecule has 1 aromatic heterocycles. The van der Waals surface area contributed by atoms with Crippen LogP contribution >= 0.6 is 0 Å². The molecule has 0 aliphatic carbocycles. The van der Waals surface area contributed by atoms with Crippen LogP contribution in [0.1, 0.15) is 22.3 Å². The topological polar surface area (TPSA) is 84.0 Å². The molecule has 5 nitrogen and oxygen atoms in total. The van der Waals surface area contributed by atoms with Gasteiger partial charge in [0.1, 0.15) is 30.1 Å². The Hall–Kier alpha value is -3.17. The van der Waals surface area contributed by atoms with E-state index in [9.17, 15) is 4.39 Å². The van der Waals surface area contributed by atoms with Crippen molar-refractivity contribution in [2.24, 2.45) is 0 Å². The number of benzene rings is 2. The number of halogens is 1. The first-order chi connectivity index (χ1) is 12.5. The average molecular weight is 350 g/mol. The Morgan fingerprint density at radius 2 is 2.08 bits per heavy atom. The van der Waals surface area contributed by atoms with Crippen LogP contribution in [0.4, 0.5) is 10.2 Å². The van der Waals surface area contributed by atoms with Crippen LogP contribution in [0.3, 0.4) is 0 Å². The van der Waals surface area contributed by atoms with Gasteiger partial charge in [-0.1, -0.05) is 12.1 Å². The van der Waals surface area contributed by atoms with Crippen LogP contribution in [-0.2, 0) is 13.2 Å². The molecular formula is C20H19FN4O. The number of anilines is 1. The van der Waals surface area contributed by atoms with Crippen LogP contribution in [0.5, 0.6) is 5.75 Å². The number of pyridine rings is 1. The number of nitrogens with two attached hydrogens (primary N) is 1. The smallest absolute Gasteiger partial charge is 0.145 e. The van der Waals surface area contributed by atoms with Crippen molar-refractivity contribution in [3.05, 3.63) is 64.5 Å². The van der Waals surface area contributed by atoms with Gasteiger partial charge in [-0.3, -0.25) is 0 Å². The Balaban J connectivity index is 1.86. The summed E-state index contributed by atoms with van der Waals surface area (Å²) in [6, 6.07) is 12.6. The first kappa shape index (κ1) is 17.6. The zero-order chi connectivity index (χ0) is 18.7. The summed E-state index contributed by atoms with van der Waals surface area (Å²) in [6.07, 6.45) is 0. The summed E-state index contributed by atoms with van der Waals surface area (Å²) in [5.41, 5.74) is 8.96. The van der Waals surface area contributed by atoms with Crippen LogP contribution in [-0.4, -0.2) is 12.0 Å². The number of nitrogen functional groups attached to an aromatic ring is 1. The molecule has 0 saturated carbocycles. The van der Waals surface area contributed by atoms with E-state index in [4.69, 9.17) is 15.7 Å². The van der Waals surface area contributed by atoms with E-state index in [-0.39, 0.29) is 12.2 Å². The number of nitrogens with one attached hydrogen (secondary N) is 1. The molecule has 3 N–H and O–H groups in total. The highest BCUT2D eigenvalue weighted by molar-refractivity contribution is 5.84. The monoisotopic (exact) mass is 350 g/mol. The number of ether oxygens (including phenoxy) is 1. The Bertz CT molecular complexity index is 1010. The largest absolute Gasteiger partial charge is 0.489 e. The van der Waals surface area contributed by atoms with E-state index in [0.717, 1.165) is 22.0 Å². The quantitative estimate of drug-likeness (QED) is 0.736. The molecule has 3 aromatic rings. The second kappa shape index (κ2) is 7.38. The van der Waals surface area contributed by atoms with Crippen molar-refractivity contribution in [2.45, 2.75) is 20.1 Å². The van der Waals surface area contributed by atoms with Gasteiger partial charge in [0.05, 0.1) is 11.1 Å². The highest BCUT2D eigenvalue weighted by Gasteiger charge is 2.11. The van der Waals surface area contributed by atoms with Gasteiger partial charge in [0, 0.05) is 23.6 Å². The Morgan fingerprint density at radius 1 is 1.27 bits per heavy atom. The standard InChI is InChI=1S/C20H19FN4O/c1-12-5-19(23)25-18-6-13(3-4-17(12)18)11-26-16-7-14(9-22)20(21)15(8-16)10-24-2/h3-8,24H,10-11H2,1-2H3,(H2,23,25). The van der Waals surface area contributed by atoms with E-state index in [1.54, 1.807) is 13.1 Å². The summed E-state index contributed by atoms with van der Waals surface area (Å²) in [4.78, 5) is 4.35. The second-order valence-corrected chi connectivity index (χ2v) is 6.09. The molecule has 26 heavy (non-hydrogen) atoms. The maximum absolute atomic E-state index is 14.1. The molecule has 2 aromatic carbocycles. The number of hydrogen-bond donors (Lipinski definition) is 2. The predicted molar refractivity (Wildman–Crippen MR) is 99.1 cm³/mol. The number of rotatable bonds is 5. The van der Waals surface area contributed by atoms with Crippen LogP contribution < -0.4 is 15.8 Å². The third kappa shape index (κ3) is 3.58. The minimum atomic E-state index is -0.518. The molecule has 0 saturated heterocycles. The average Bonchev–Trinajstić information content (AvgIpc) is 2.61. The zero-order valence-electron chi connectivity index (χ0n) is 14.6. The molecule has 0 atom stereocenters. The van der Waals surface area contributed by atoms with Crippen LogP contribution in [0.2, 0.25) is 0 Å². The summed E-state index contributed by atoms with van der Waals surface area (Å²) in [5.74, 6) is 0.405. The van der Waals surface area contributed by atoms with Crippen molar-refractivity contribution < 1.29 is 9.13 Å². The Labute approximate surface area is 151 Å². The fourth-order valence-corrected chi connectivity index (χ4v) is 2.87. The molecule has 0 aliphatic rings. The van der Waals surface area contributed by atoms with E-state index in [0.29, 0.717) is 23.7 Å². The van der Waals surface area contributed by atoms with Crippen molar-refractivity contribution in [1.82, 2.24) is 10.3 Å². The lowest BCUT2D eigenvalue weighted by atomic mass is 10.1. The lowest BCUT2D eigenvalue weighted by molar-refractivity contribution is 0.305. The first-order valence-electron chi connectivity index (χ1n) is 8.17. The van der Waals surface area contributed by atoms with Gasteiger partial charge < -0.3 is 15.8 Å². The fourth-order valence-electron chi connectivity index (χ4n) is 2.87. The van der Waals surface area contributed by atoms with E-state index in [1.165, 1.54) is 6.07 Å². The van der Waals surface area contributed by atoms with Gasteiger partial charge in [-0.25, -0.2) is 9.37 Å². The molecule has 3 rings (SSSR count). The molecule has 0 bridgehead atoms. The van der Waals surface area contributed by atoms with Crippen LogP contribution in [0, 0.1) is 24.1 Å². The molecule has 0 amide bonds. The predicted octanol–water partition coefficient (Wildman–Crippen LogP) is 3.43. The number of nitriles is 1.